The van der Waals surface area contributed by atoms with Gasteiger partial charge in [-0.3, -0.25) is 4.68 Å². The zero-order valence-corrected chi connectivity index (χ0v) is 11.2. The number of aromatic nitrogens is 2. The van der Waals surface area contributed by atoms with Crippen LogP contribution in [-0.2, 0) is 23.1 Å². The van der Waals surface area contributed by atoms with Crippen LogP contribution in [0.15, 0.2) is 6.20 Å². The van der Waals surface area contributed by atoms with E-state index in [-0.39, 0.29) is 11.2 Å². The van der Waals surface area contributed by atoms with Gasteiger partial charge in [0, 0.05) is 40.3 Å². The zero-order chi connectivity index (χ0) is 13.9. The maximum absolute atomic E-state index is 11.0. The Balaban J connectivity index is 1.95. The van der Waals surface area contributed by atoms with Crippen LogP contribution in [0.25, 0.3) is 0 Å². The highest BCUT2D eigenvalue weighted by atomic mass is 16.5. The lowest BCUT2D eigenvalue weighted by Crippen LogP contribution is -2.43. The van der Waals surface area contributed by atoms with Crippen LogP contribution in [0.2, 0.25) is 0 Å². The maximum Gasteiger partial charge on any atom is 0.339 e. The van der Waals surface area contributed by atoms with Crippen LogP contribution >= 0.6 is 0 Å². The third-order valence-electron chi connectivity index (χ3n) is 3.53. The third kappa shape index (κ3) is 2.94. The van der Waals surface area contributed by atoms with Gasteiger partial charge in [-0.05, 0) is 0 Å². The monoisotopic (exact) mass is 269 g/mol. The fraction of sp³-hybridized carbons (Fsp3) is 0.667. The normalized spacial score (nSPS) is 22.8. The molecule has 1 saturated heterocycles. The molecule has 0 aromatic carbocycles. The minimum absolute atomic E-state index is 0.226. The van der Waals surface area contributed by atoms with E-state index in [1.165, 1.54) is 6.20 Å². The van der Waals surface area contributed by atoms with E-state index in [0.29, 0.717) is 32.0 Å². The van der Waals surface area contributed by atoms with Crippen LogP contribution in [0.1, 0.15) is 22.5 Å². The van der Waals surface area contributed by atoms with Crippen molar-refractivity contribution in [3.63, 3.8) is 0 Å². The quantitative estimate of drug-likeness (QED) is 0.757. The number of rotatable bonds is 6. The number of nitrogens with zero attached hydrogens (tertiary/aromatic N) is 2. The molecule has 7 nitrogen and oxygen atoms in total. The summed E-state index contributed by atoms with van der Waals surface area (Å²) in [6.07, 6.45) is 2.21. The molecule has 2 heterocycles. The molecule has 1 atom stereocenters. The number of ether oxygens (including phenoxy) is 2. The maximum atomic E-state index is 11.0. The molecule has 1 aliphatic rings. The lowest BCUT2D eigenvalue weighted by Gasteiger charge is -2.26. The average Bonchev–Trinajstić information content (AvgIpc) is 2.98. The Morgan fingerprint density at radius 1 is 1.74 bits per heavy atom. The molecule has 1 aromatic rings. The largest absolute Gasteiger partial charge is 0.478 e. The Morgan fingerprint density at radius 2 is 2.53 bits per heavy atom. The summed E-state index contributed by atoms with van der Waals surface area (Å²) >= 11 is 0. The molecule has 7 heteroatoms. The molecule has 0 bridgehead atoms. The first-order valence-corrected chi connectivity index (χ1v) is 6.16. The van der Waals surface area contributed by atoms with E-state index in [2.05, 4.69) is 10.4 Å². The van der Waals surface area contributed by atoms with E-state index in [9.17, 15) is 4.79 Å². The molecule has 106 valence electrons. The smallest absolute Gasteiger partial charge is 0.339 e. The van der Waals surface area contributed by atoms with Crippen molar-refractivity contribution in [1.82, 2.24) is 15.1 Å². The Bertz CT molecular complexity index is 452. The number of aryl methyl sites for hydroxylation is 1. The van der Waals surface area contributed by atoms with E-state index >= 15 is 0 Å². The molecule has 0 radical (unpaired) electrons. The highest BCUT2D eigenvalue weighted by Gasteiger charge is 2.34. The van der Waals surface area contributed by atoms with Crippen LogP contribution in [0, 0.1) is 0 Å². The van der Waals surface area contributed by atoms with Gasteiger partial charge >= 0.3 is 5.97 Å². The number of carboxylic acids is 1. The number of aromatic carboxylic acids is 1. The average molecular weight is 269 g/mol. The number of nitrogens with one attached hydrogen (secondary N) is 1. The Labute approximate surface area is 111 Å². The first-order valence-electron chi connectivity index (χ1n) is 6.16. The lowest BCUT2D eigenvalue weighted by atomic mass is 10.0. The van der Waals surface area contributed by atoms with Gasteiger partial charge in [-0.25, -0.2) is 4.79 Å². The third-order valence-corrected chi connectivity index (χ3v) is 3.53. The minimum Gasteiger partial charge on any atom is -0.478 e. The van der Waals surface area contributed by atoms with Crippen molar-refractivity contribution in [1.29, 1.82) is 0 Å². The zero-order valence-electron chi connectivity index (χ0n) is 11.2. The molecule has 2 rings (SSSR count). The molecule has 19 heavy (non-hydrogen) atoms. The van der Waals surface area contributed by atoms with Gasteiger partial charge in [0.05, 0.1) is 18.5 Å². The SMILES string of the molecule is COC1(CNCc2c(C(=O)O)cnn2C)CCOC1. The predicted molar refractivity (Wildman–Crippen MR) is 67.1 cm³/mol. The number of hydrogen-bond acceptors (Lipinski definition) is 5. The van der Waals surface area contributed by atoms with Gasteiger partial charge in [0.2, 0.25) is 0 Å². The Kier molecular flexibility index (Phi) is 4.18. The molecule has 1 fully saturated rings. The summed E-state index contributed by atoms with van der Waals surface area (Å²) in [5, 5.41) is 16.3. The van der Waals surface area contributed by atoms with Crippen LogP contribution in [0.3, 0.4) is 0 Å². The number of hydrogen-bond donors (Lipinski definition) is 2. The summed E-state index contributed by atoms with van der Waals surface area (Å²) in [5.74, 6) is -0.962. The highest BCUT2D eigenvalue weighted by Crippen LogP contribution is 2.21. The van der Waals surface area contributed by atoms with Gasteiger partial charge in [-0.2, -0.15) is 5.10 Å². The van der Waals surface area contributed by atoms with Crippen molar-refractivity contribution in [3.8, 4) is 0 Å². The molecule has 0 amide bonds. The van der Waals surface area contributed by atoms with E-state index < -0.39 is 5.97 Å². The van der Waals surface area contributed by atoms with Gasteiger partial charge < -0.3 is 19.9 Å². The molecule has 1 unspecified atom stereocenters. The number of methoxy groups -OCH3 is 1. The Hall–Kier alpha value is -1.44. The van der Waals surface area contributed by atoms with E-state index in [1.54, 1.807) is 18.8 Å². The summed E-state index contributed by atoms with van der Waals surface area (Å²) in [4.78, 5) is 11.0. The second-order valence-corrected chi connectivity index (χ2v) is 4.73. The van der Waals surface area contributed by atoms with E-state index in [4.69, 9.17) is 14.6 Å². The fourth-order valence-corrected chi connectivity index (χ4v) is 2.22. The highest BCUT2D eigenvalue weighted by molar-refractivity contribution is 5.88. The number of carboxylic acid groups (broad SMARTS) is 1. The number of carbonyl (C=O) groups is 1. The van der Waals surface area contributed by atoms with Gasteiger partial charge in [0.1, 0.15) is 11.2 Å². The summed E-state index contributed by atoms with van der Waals surface area (Å²) in [5.41, 5.74) is 0.573. The summed E-state index contributed by atoms with van der Waals surface area (Å²) in [6, 6.07) is 0. The first-order chi connectivity index (χ1) is 9.08. The molecule has 1 aromatic heterocycles. The molecular formula is C12H19N3O4. The predicted octanol–water partition coefficient (Wildman–Crippen LogP) is 0.0134. The summed E-state index contributed by atoms with van der Waals surface area (Å²) < 4.78 is 12.4. The minimum atomic E-state index is -0.962. The van der Waals surface area contributed by atoms with Gasteiger partial charge in [0.15, 0.2) is 0 Å². The summed E-state index contributed by atoms with van der Waals surface area (Å²) in [7, 11) is 3.40. The molecule has 0 saturated carbocycles. The Morgan fingerprint density at radius 3 is 3.11 bits per heavy atom. The molecule has 2 N–H and O–H groups in total. The molecule has 0 spiro atoms. The van der Waals surface area contributed by atoms with Gasteiger partial charge in [-0.15, -0.1) is 0 Å². The lowest BCUT2D eigenvalue weighted by molar-refractivity contribution is -0.0160. The van der Waals surface area contributed by atoms with E-state index in [1.807, 2.05) is 0 Å². The van der Waals surface area contributed by atoms with Gasteiger partial charge in [0.25, 0.3) is 0 Å². The second kappa shape index (κ2) is 5.68. The summed E-state index contributed by atoms with van der Waals surface area (Å²) in [6.45, 7) is 2.31. The molecule has 1 aliphatic heterocycles. The molecular weight excluding hydrogens is 250 g/mol. The van der Waals surface area contributed by atoms with Crippen molar-refractivity contribution in [2.24, 2.45) is 7.05 Å². The van der Waals surface area contributed by atoms with Crippen LogP contribution in [0.5, 0.6) is 0 Å². The fourth-order valence-electron chi connectivity index (χ4n) is 2.22. The van der Waals surface area contributed by atoms with Crippen molar-refractivity contribution in [3.05, 3.63) is 17.5 Å². The van der Waals surface area contributed by atoms with Gasteiger partial charge in [-0.1, -0.05) is 0 Å². The van der Waals surface area contributed by atoms with Crippen LogP contribution < -0.4 is 5.32 Å². The van der Waals surface area contributed by atoms with Crippen molar-refractivity contribution >= 4 is 5.97 Å². The topological polar surface area (TPSA) is 85.6 Å². The van der Waals surface area contributed by atoms with E-state index in [0.717, 1.165) is 6.42 Å². The van der Waals surface area contributed by atoms with Crippen LogP contribution in [-0.4, -0.2) is 53.3 Å². The molecule has 0 aliphatic carbocycles. The van der Waals surface area contributed by atoms with Crippen molar-refractivity contribution in [2.45, 2.75) is 18.6 Å². The standard InChI is InChI=1S/C12H19N3O4/c1-15-10(9(5-14-15)11(16)17)6-13-7-12(18-2)3-4-19-8-12/h5,13H,3-4,6-8H2,1-2H3,(H,16,17). The first kappa shape index (κ1) is 14.0. The second-order valence-electron chi connectivity index (χ2n) is 4.73. The van der Waals surface area contributed by atoms with Crippen LogP contribution in [0.4, 0.5) is 0 Å². The van der Waals surface area contributed by atoms with Crippen molar-refractivity contribution in [2.75, 3.05) is 26.9 Å². The van der Waals surface area contributed by atoms with Crippen molar-refractivity contribution < 1.29 is 19.4 Å².